The fourth-order valence-electron chi connectivity index (χ4n) is 1.69. The molecule has 1 amide bonds. The Kier molecular flexibility index (Phi) is 7.01. The van der Waals surface area contributed by atoms with Crippen molar-refractivity contribution in [1.82, 2.24) is 5.23 Å². The topological polar surface area (TPSA) is 105 Å². The smallest absolute Gasteiger partial charge is 0.367 e. The first-order valence-electron chi connectivity index (χ1n) is 5.54. The zero-order chi connectivity index (χ0) is 14.4. The molecule has 1 rings (SSSR count). The van der Waals surface area contributed by atoms with Crippen LogP contribution < -0.4 is 5.23 Å². The van der Waals surface area contributed by atoms with E-state index in [1.165, 1.54) is 0 Å². The Balaban J connectivity index is 2.63. The maximum Gasteiger partial charge on any atom is 0.367 e. The standard InChI is InChI=1S/C9H16BNO6S2/c1-18-8(14)11-10-7-6(17-9(15)19-2)5(13)4(3-12)16-7/h4-7,10,12-13H,3H2,1-2H3,(H,11,14)/t4-,5?,6+,7-/m1/s1. The normalized spacial score (nSPS) is 29.9. The lowest BCUT2D eigenvalue weighted by molar-refractivity contribution is -0.00954. The SMILES string of the molecule is CSC(=O)NB[C@@H]1O[C@H](CO)C(O)[C@@H]1OC(=O)SC. The van der Waals surface area contributed by atoms with Crippen LogP contribution in [0.4, 0.5) is 9.59 Å². The second-order valence-electron chi connectivity index (χ2n) is 3.80. The lowest BCUT2D eigenvalue weighted by Gasteiger charge is -2.19. The second-order valence-corrected chi connectivity index (χ2v) is 5.32. The van der Waals surface area contributed by atoms with E-state index >= 15 is 0 Å². The summed E-state index contributed by atoms with van der Waals surface area (Å²) in [4.78, 5) is 22.4. The molecule has 1 fully saturated rings. The van der Waals surface area contributed by atoms with Gasteiger partial charge < -0.3 is 24.9 Å². The Labute approximate surface area is 120 Å². The van der Waals surface area contributed by atoms with E-state index < -0.39 is 29.6 Å². The van der Waals surface area contributed by atoms with Crippen molar-refractivity contribution >= 4 is 41.5 Å². The van der Waals surface area contributed by atoms with Crippen LogP contribution >= 0.6 is 23.5 Å². The van der Waals surface area contributed by atoms with Crippen molar-refractivity contribution in [1.29, 1.82) is 0 Å². The van der Waals surface area contributed by atoms with Crippen molar-refractivity contribution in [2.45, 2.75) is 24.3 Å². The molecule has 10 heteroatoms. The van der Waals surface area contributed by atoms with Gasteiger partial charge in [0, 0.05) is 0 Å². The highest BCUT2D eigenvalue weighted by molar-refractivity contribution is 8.13. The Hall–Kier alpha value is -0.415. The van der Waals surface area contributed by atoms with Crippen LogP contribution in [0.1, 0.15) is 0 Å². The van der Waals surface area contributed by atoms with Crippen LogP contribution in [0, 0.1) is 0 Å². The average molecular weight is 309 g/mol. The molecule has 1 aliphatic rings. The highest BCUT2D eigenvalue weighted by atomic mass is 32.2. The third-order valence-electron chi connectivity index (χ3n) is 2.65. The Bertz CT molecular complexity index is 334. The van der Waals surface area contributed by atoms with Gasteiger partial charge in [-0.05, 0) is 24.3 Å². The molecule has 1 heterocycles. The maximum atomic E-state index is 11.3. The second kappa shape index (κ2) is 8.00. The van der Waals surface area contributed by atoms with Gasteiger partial charge in [-0.25, -0.2) is 4.79 Å². The molecule has 108 valence electrons. The Morgan fingerprint density at radius 1 is 1.42 bits per heavy atom. The number of hydrogen-bond acceptors (Lipinski definition) is 8. The summed E-state index contributed by atoms with van der Waals surface area (Å²) >= 11 is 1.88. The summed E-state index contributed by atoms with van der Waals surface area (Å²) in [6.45, 7) is -0.387. The van der Waals surface area contributed by atoms with Gasteiger partial charge in [0.25, 0.3) is 12.7 Å². The number of aliphatic hydroxyl groups is 2. The van der Waals surface area contributed by atoms with Crippen molar-refractivity contribution < 1.29 is 29.3 Å². The van der Waals surface area contributed by atoms with E-state index in [2.05, 4.69) is 5.23 Å². The minimum atomic E-state index is -1.11. The third-order valence-corrected chi connectivity index (χ3v) is 3.59. The number of amides is 1. The molecule has 0 aliphatic carbocycles. The molecule has 4 atom stereocenters. The molecule has 3 N–H and O–H groups in total. The summed E-state index contributed by atoms with van der Waals surface area (Å²) in [6.07, 6.45) is 0.340. The number of thioether (sulfide) groups is 2. The lowest BCUT2D eigenvalue weighted by atomic mass is 9.81. The van der Waals surface area contributed by atoms with Gasteiger partial charge in [-0.1, -0.05) is 11.8 Å². The molecule has 1 aliphatic heterocycles. The van der Waals surface area contributed by atoms with Gasteiger partial charge in [-0.15, -0.1) is 0 Å². The Morgan fingerprint density at radius 3 is 2.63 bits per heavy atom. The van der Waals surface area contributed by atoms with Crippen molar-refractivity contribution in [2.24, 2.45) is 0 Å². The minimum absolute atomic E-state index is 0.0968. The zero-order valence-electron chi connectivity index (χ0n) is 10.6. The fourth-order valence-corrected chi connectivity index (χ4v) is 2.13. The molecular formula is C9H16BNO6S2. The van der Waals surface area contributed by atoms with Crippen LogP contribution in [0.3, 0.4) is 0 Å². The van der Waals surface area contributed by atoms with E-state index in [1.807, 2.05) is 0 Å². The van der Waals surface area contributed by atoms with Gasteiger partial charge in [-0.3, -0.25) is 4.79 Å². The van der Waals surface area contributed by atoms with Crippen molar-refractivity contribution in [3.05, 3.63) is 0 Å². The van der Waals surface area contributed by atoms with Gasteiger partial charge in [0.05, 0.1) is 12.6 Å². The maximum absolute atomic E-state index is 11.3. The van der Waals surface area contributed by atoms with Crippen molar-refractivity contribution in [3.8, 4) is 0 Å². The monoisotopic (exact) mass is 309 g/mol. The summed E-state index contributed by atoms with van der Waals surface area (Å²) in [6, 6.07) is -0.681. The van der Waals surface area contributed by atoms with Crippen LogP contribution in [0.25, 0.3) is 0 Å². The third kappa shape index (κ3) is 4.57. The van der Waals surface area contributed by atoms with Gasteiger partial charge in [0.15, 0.2) is 6.10 Å². The first-order valence-corrected chi connectivity index (χ1v) is 7.99. The molecule has 1 unspecified atom stereocenters. The molecule has 0 aromatic heterocycles. The van der Waals surface area contributed by atoms with Crippen molar-refractivity contribution in [2.75, 3.05) is 19.1 Å². The highest BCUT2D eigenvalue weighted by Crippen LogP contribution is 2.24. The van der Waals surface area contributed by atoms with Gasteiger partial charge >= 0.3 is 5.30 Å². The van der Waals surface area contributed by atoms with E-state index in [0.29, 0.717) is 0 Å². The fraction of sp³-hybridized carbons (Fsp3) is 0.778. The highest BCUT2D eigenvalue weighted by Gasteiger charge is 2.46. The molecule has 0 aromatic carbocycles. The molecule has 19 heavy (non-hydrogen) atoms. The predicted octanol–water partition coefficient (Wildman–Crippen LogP) is -0.643. The van der Waals surface area contributed by atoms with Gasteiger partial charge in [0.1, 0.15) is 12.2 Å². The van der Waals surface area contributed by atoms with Crippen LogP contribution in [-0.2, 0) is 9.47 Å². The summed E-state index contributed by atoms with van der Waals surface area (Å²) in [5.74, 6) is 0. The number of carbonyl (C=O) groups is 2. The largest absolute Gasteiger partial charge is 0.449 e. The van der Waals surface area contributed by atoms with Gasteiger partial charge in [-0.2, -0.15) is 0 Å². The van der Waals surface area contributed by atoms with Gasteiger partial charge in [0.2, 0.25) is 0 Å². The molecule has 7 nitrogen and oxygen atoms in total. The Morgan fingerprint density at radius 2 is 2.11 bits per heavy atom. The quantitative estimate of drug-likeness (QED) is 0.465. The van der Waals surface area contributed by atoms with E-state index in [1.54, 1.807) is 12.5 Å². The van der Waals surface area contributed by atoms with E-state index in [0.717, 1.165) is 23.5 Å². The predicted molar refractivity (Wildman–Crippen MR) is 74.7 cm³/mol. The number of carbonyl (C=O) groups excluding carboxylic acids is 2. The molecule has 0 spiro atoms. The molecule has 1 saturated heterocycles. The summed E-state index contributed by atoms with van der Waals surface area (Å²) in [5, 5.41) is 20.7. The molecule has 0 radical (unpaired) electrons. The van der Waals surface area contributed by atoms with E-state index in [4.69, 9.17) is 14.6 Å². The number of aliphatic hydroxyl groups excluding tert-OH is 2. The first-order chi connectivity index (χ1) is 9.03. The molecular weight excluding hydrogens is 293 g/mol. The average Bonchev–Trinajstić information content (AvgIpc) is 2.72. The number of rotatable bonds is 4. The summed E-state index contributed by atoms with van der Waals surface area (Å²) in [7, 11) is 0.0968. The first kappa shape index (κ1) is 16.6. The van der Waals surface area contributed by atoms with E-state index in [9.17, 15) is 14.7 Å². The molecule has 0 saturated carbocycles. The molecule has 0 bridgehead atoms. The number of hydrogen-bond donors (Lipinski definition) is 3. The van der Waals surface area contributed by atoms with Crippen LogP contribution in [-0.4, -0.2) is 71.6 Å². The van der Waals surface area contributed by atoms with E-state index in [-0.39, 0.29) is 19.3 Å². The summed E-state index contributed by atoms with van der Waals surface area (Å²) in [5.41, 5.74) is 0. The zero-order valence-corrected chi connectivity index (χ0v) is 12.2. The van der Waals surface area contributed by atoms with Crippen LogP contribution in [0.15, 0.2) is 0 Å². The number of nitrogens with one attached hydrogen (secondary N) is 1. The minimum Gasteiger partial charge on any atom is -0.449 e. The number of ether oxygens (including phenoxy) is 2. The van der Waals surface area contributed by atoms with Crippen LogP contribution in [0.2, 0.25) is 0 Å². The summed E-state index contributed by atoms with van der Waals surface area (Å²) < 4.78 is 10.4. The molecule has 0 aromatic rings. The van der Waals surface area contributed by atoms with Crippen molar-refractivity contribution in [3.63, 3.8) is 0 Å². The van der Waals surface area contributed by atoms with Crippen LogP contribution in [0.5, 0.6) is 0 Å². The lowest BCUT2D eigenvalue weighted by Crippen LogP contribution is -2.44.